The summed E-state index contributed by atoms with van der Waals surface area (Å²) < 4.78 is 29.6. The first-order valence-electron chi connectivity index (χ1n) is 10.8. The molecular formula is C23H27ClF2N6S2. The van der Waals surface area contributed by atoms with E-state index in [0.29, 0.717) is 16.6 Å². The monoisotopic (exact) mass is 524 g/mol. The highest BCUT2D eigenvalue weighted by Crippen LogP contribution is 2.40. The fourth-order valence-corrected chi connectivity index (χ4v) is 7.02. The van der Waals surface area contributed by atoms with Crippen LogP contribution in [0.3, 0.4) is 0 Å². The van der Waals surface area contributed by atoms with Crippen LogP contribution in [-0.4, -0.2) is 44.3 Å². The number of benzene rings is 1. The minimum Gasteiger partial charge on any atom is -0.348 e. The third-order valence-electron chi connectivity index (χ3n) is 6.08. The Morgan fingerprint density at radius 3 is 2.21 bits per heavy atom. The number of nitrogens with one attached hydrogen (secondary N) is 2. The summed E-state index contributed by atoms with van der Waals surface area (Å²) in [6.45, 7) is 8.92. The predicted molar refractivity (Wildman–Crippen MR) is 138 cm³/mol. The number of aromatic amines is 1. The van der Waals surface area contributed by atoms with Crippen LogP contribution in [0, 0.1) is 11.6 Å². The Morgan fingerprint density at radius 1 is 0.971 bits per heavy atom. The number of H-pyrrole nitrogens is 1. The van der Waals surface area contributed by atoms with Crippen molar-refractivity contribution in [3.8, 4) is 21.7 Å². The number of anilines is 1. The van der Waals surface area contributed by atoms with Crippen LogP contribution in [-0.2, 0) is 0 Å². The molecule has 0 bridgehead atoms. The molecule has 1 aliphatic rings. The zero-order valence-corrected chi connectivity index (χ0v) is 22.0. The topological polar surface area (TPSA) is 69.7 Å². The highest BCUT2D eigenvalue weighted by molar-refractivity contribution is 7.29. The largest absolute Gasteiger partial charge is 0.348 e. The quantitative estimate of drug-likeness (QED) is 0.330. The van der Waals surface area contributed by atoms with Gasteiger partial charge in [-0.1, -0.05) is 22.7 Å². The molecule has 3 aromatic heterocycles. The molecule has 1 saturated heterocycles. The molecule has 1 aromatic carbocycles. The van der Waals surface area contributed by atoms with Crippen LogP contribution in [0.1, 0.15) is 40.5 Å². The first-order chi connectivity index (χ1) is 15.5. The van der Waals surface area contributed by atoms with Gasteiger partial charge in [-0.15, -0.1) is 12.4 Å². The van der Waals surface area contributed by atoms with Crippen LogP contribution >= 0.6 is 35.1 Å². The maximum Gasteiger partial charge on any atom is 0.188 e. The van der Waals surface area contributed by atoms with Crippen LogP contribution in [0.5, 0.6) is 0 Å². The minimum atomic E-state index is -0.523. The van der Waals surface area contributed by atoms with E-state index in [0.717, 1.165) is 27.6 Å². The van der Waals surface area contributed by atoms with Gasteiger partial charge < -0.3 is 10.2 Å². The molecule has 0 unspecified atom stereocenters. The average Bonchev–Trinajstić information content (AvgIpc) is 3.42. The second-order valence-electron chi connectivity index (χ2n) is 9.99. The molecule has 34 heavy (non-hydrogen) atoms. The van der Waals surface area contributed by atoms with Gasteiger partial charge in [0, 0.05) is 47.1 Å². The second-order valence-corrected chi connectivity index (χ2v) is 11.9. The van der Waals surface area contributed by atoms with E-state index in [1.54, 1.807) is 0 Å². The highest BCUT2D eigenvalue weighted by Gasteiger charge is 2.39. The molecule has 4 aromatic rings. The maximum absolute atomic E-state index is 14.9. The predicted octanol–water partition coefficient (Wildman–Crippen LogP) is 6.26. The lowest BCUT2D eigenvalue weighted by Crippen LogP contribution is -2.61. The van der Waals surface area contributed by atoms with E-state index < -0.39 is 11.6 Å². The number of thiazole rings is 2. The Balaban J connectivity index is 0.00000274. The number of hydrogen-bond donors (Lipinski definition) is 2. The summed E-state index contributed by atoms with van der Waals surface area (Å²) in [6, 6.07) is 2.74. The van der Waals surface area contributed by atoms with Gasteiger partial charge in [0.25, 0.3) is 0 Å². The van der Waals surface area contributed by atoms with Crippen LogP contribution in [0.2, 0.25) is 0 Å². The lowest BCUT2D eigenvalue weighted by Gasteiger charge is -2.48. The smallest absolute Gasteiger partial charge is 0.188 e. The second kappa shape index (κ2) is 8.82. The van der Waals surface area contributed by atoms with E-state index >= 15 is 0 Å². The standard InChI is InChI=1S/C23H26F2N6S2.ClH/c1-22(2)8-13(9-23(3,4)30-22)31(5)21-29-20-19(33-21)28-18(32-20)15-7-16(24)14(6-17(15)25)12-10-26-27-11-12;/h6-7,10-11,13,30H,8-9H2,1-5H3,(H,26,27);1H. The number of nitrogens with zero attached hydrogens (tertiary/aromatic N) is 4. The highest BCUT2D eigenvalue weighted by atomic mass is 35.5. The van der Waals surface area contributed by atoms with E-state index in [4.69, 9.17) is 4.98 Å². The summed E-state index contributed by atoms with van der Waals surface area (Å²) in [6.07, 6.45) is 5.01. The molecule has 182 valence electrons. The molecule has 11 heteroatoms. The first-order valence-corrected chi connectivity index (χ1v) is 12.4. The average molecular weight is 525 g/mol. The van der Waals surface area contributed by atoms with E-state index in [2.05, 4.69) is 60.1 Å². The number of hydrogen-bond acceptors (Lipinski definition) is 7. The number of piperidine rings is 1. The van der Waals surface area contributed by atoms with Gasteiger partial charge in [-0.3, -0.25) is 5.10 Å². The Hall–Kier alpha value is -2.14. The third kappa shape index (κ3) is 4.68. The Bertz CT molecular complexity index is 1270. The van der Waals surface area contributed by atoms with Crippen LogP contribution < -0.4 is 10.2 Å². The molecule has 4 heterocycles. The minimum absolute atomic E-state index is 0. The van der Waals surface area contributed by atoms with Crippen molar-refractivity contribution >= 4 is 49.9 Å². The van der Waals surface area contributed by atoms with Crippen molar-refractivity contribution < 1.29 is 8.78 Å². The molecular weight excluding hydrogens is 498 g/mol. The molecule has 0 aliphatic carbocycles. The van der Waals surface area contributed by atoms with Gasteiger partial charge in [0.05, 0.1) is 6.20 Å². The summed E-state index contributed by atoms with van der Waals surface area (Å²) in [5.74, 6) is -1.04. The van der Waals surface area contributed by atoms with Gasteiger partial charge in [0.1, 0.15) is 16.6 Å². The molecule has 2 N–H and O–H groups in total. The zero-order valence-electron chi connectivity index (χ0n) is 19.6. The van der Waals surface area contributed by atoms with E-state index in [9.17, 15) is 8.78 Å². The van der Waals surface area contributed by atoms with Crippen LogP contribution in [0.15, 0.2) is 24.5 Å². The number of aromatic nitrogens is 4. The number of halogens is 3. The fourth-order valence-electron chi connectivity index (χ4n) is 4.93. The van der Waals surface area contributed by atoms with Crippen molar-refractivity contribution in [1.29, 1.82) is 0 Å². The van der Waals surface area contributed by atoms with Crippen molar-refractivity contribution in [2.45, 2.75) is 57.7 Å². The number of rotatable bonds is 4. The maximum atomic E-state index is 14.9. The molecule has 0 radical (unpaired) electrons. The van der Waals surface area contributed by atoms with Crippen LogP contribution in [0.25, 0.3) is 31.4 Å². The van der Waals surface area contributed by atoms with E-state index in [1.165, 1.54) is 47.2 Å². The molecule has 1 aliphatic heterocycles. The SMILES string of the molecule is CN(c1nc2sc(-c3cc(F)c(-c4cn[nH]c4)cc3F)nc2s1)C1CC(C)(C)NC(C)(C)C1.Cl. The normalized spacial score (nSPS) is 17.6. The van der Waals surface area contributed by atoms with Crippen molar-refractivity contribution in [3.63, 3.8) is 0 Å². The molecule has 0 spiro atoms. The third-order valence-corrected chi connectivity index (χ3v) is 8.23. The van der Waals surface area contributed by atoms with Crippen molar-refractivity contribution in [2.24, 2.45) is 0 Å². The molecule has 5 rings (SSSR count). The summed E-state index contributed by atoms with van der Waals surface area (Å²) in [5, 5.41) is 11.5. The summed E-state index contributed by atoms with van der Waals surface area (Å²) in [5.41, 5.74) is 0.872. The zero-order chi connectivity index (χ0) is 23.5. The van der Waals surface area contributed by atoms with E-state index in [-0.39, 0.29) is 34.6 Å². The Kier molecular flexibility index (Phi) is 6.48. The summed E-state index contributed by atoms with van der Waals surface area (Å²) in [4.78, 5) is 13.1. The van der Waals surface area contributed by atoms with E-state index in [1.807, 2.05) is 0 Å². The lowest BCUT2D eigenvalue weighted by molar-refractivity contribution is 0.161. The van der Waals surface area contributed by atoms with Crippen molar-refractivity contribution in [3.05, 3.63) is 36.2 Å². The summed E-state index contributed by atoms with van der Waals surface area (Å²) >= 11 is 2.78. The van der Waals surface area contributed by atoms with Gasteiger partial charge in [-0.05, 0) is 52.7 Å². The fraction of sp³-hybridized carbons (Fsp3) is 0.435. The van der Waals surface area contributed by atoms with Gasteiger partial charge in [0.15, 0.2) is 14.8 Å². The van der Waals surface area contributed by atoms with Crippen molar-refractivity contribution in [1.82, 2.24) is 25.5 Å². The Labute approximate surface area is 211 Å². The molecule has 1 fully saturated rings. The van der Waals surface area contributed by atoms with Gasteiger partial charge >= 0.3 is 0 Å². The van der Waals surface area contributed by atoms with Crippen molar-refractivity contribution in [2.75, 3.05) is 11.9 Å². The molecule has 0 amide bonds. The molecule has 0 saturated carbocycles. The summed E-state index contributed by atoms with van der Waals surface area (Å²) in [7, 11) is 2.08. The first kappa shape index (κ1) is 25.0. The van der Waals surface area contributed by atoms with Gasteiger partial charge in [0.2, 0.25) is 0 Å². The van der Waals surface area contributed by atoms with Crippen LogP contribution in [0.4, 0.5) is 13.9 Å². The lowest BCUT2D eigenvalue weighted by atomic mass is 9.79. The molecule has 6 nitrogen and oxygen atoms in total. The number of fused-ring (bicyclic) bond motifs is 1. The van der Waals surface area contributed by atoms with Gasteiger partial charge in [-0.25, -0.2) is 18.7 Å². The molecule has 0 atom stereocenters. The Morgan fingerprint density at radius 2 is 1.59 bits per heavy atom. The van der Waals surface area contributed by atoms with Gasteiger partial charge in [-0.2, -0.15) is 5.10 Å².